The maximum Gasteiger partial charge on any atom is 0.416 e. The minimum atomic E-state index is -4.50. The van der Waals surface area contributed by atoms with Gasteiger partial charge in [0.1, 0.15) is 9.71 Å². The molecule has 0 spiro atoms. The number of pyridine rings is 1. The summed E-state index contributed by atoms with van der Waals surface area (Å²) in [6.07, 6.45) is -0.344. The fourth-order valence-corrected chi connectivity index (χ4v) is 5.50. The molecule has 2 aliphatic rings. The van der Waals surface area contributed by atoms with Gasteiger partial charge in [-0.15, -0.1) is 11.3 Å². The van der Waals surface area contributed by atoms with Crippen LogP contribution in [0.3, 0.4) is 0 Å². The molecule has 2 aromatic heterocycles. The first-order valence-electron chi connectivity index (χ1n) is 11.1. The number of benzene rings is 1. The van der Waals surface area contributed by atoms with Gasteiger partial charge in [0.15, 0.2) is 0 Å². The van der Waals surface area contributed by atoms with Crippen molar-refractivity contribution >= 4 is 56.5 Å². The molecule has 1 saturated heterocycles. The van der Waals surface area contributed by atoms with Gasteiger partial charge in [0.2, 0.25) is 5.91 Å². The Kier molecular flexibility index (Phi) is 5.91. The topological polar surface area (TPSA) is 94.6 Å². The molecule has 186 valence electrons. The average molecular weight is 516 g/mol. The van der Waals surface area contributed by atoms with Crippen molar-refractivity contribution in [2.75, 3.05) is 23.3 Å². The van der Waals surface area contributed by atoms with E-state index < -0.39 is 23.7 Å². The number of nitrogens with zero attached hydrogens (tertiary/aromatic N) is 3. The fraction of sp³-hybridized carbons (Fsp3) is 0.250. The first-order valence-corrected chi connectivity index (χ1v) is 11.9. The van der Waals surface area contributed by atoms with Crippen LogP contribution < -0.4 is 15.5 Å². The molecular weight excluding hydrogens is 495 g/mol. The van der Waals surface area contributed by atoms with Gasteiger partial charge < -0.3 is 15.5 Å². The molecule has 1 unspecified atom stereocenters. The van der Waals surface area contributed by atoms with E-state index in [2.05, 4.69) is 22.2 Å². The van der Waals surface area contributed by atoms with Gasteiger partial charge >= 0.3 is 12.2 Å². The molecule has 0 bridgehead atoms. The van der Waals surface area contributed by atoms with Gasteiger partial charge in [0.05, 0.1) is 28.0 Å². The van der Waals surface area contributed by atoms with Gasteiger partial charge in [-0.1, -0.05) is 6.58 Å². The van der Waals surface area contributed by atoms with Gasteiger partial charge in [0, 0.05) is 25.3 Å². The van der Waals surface area contributed by atoms with E-state index in [-0.39, 0.29) is 22.5 Å². The van der Waals surface area contributed by atoms with Crippen LogP contribution in [0.25, 0.3) is 10.2 Å². The van der Waals surface area contributed by atoms with Crippen molar-refractivity contribution < 1.29 is 27.6 Å². The monoisotopic (exact) mass is 515 g/mol. The number of amides is 4. The van der Waals surface area contributed by atoms with Gasteiger partial charge in [-0.3, -0.25) is 14.5 Å². The van der Waals surface area contributed by atoms with E-state index in [1.165, 1.54) is 29.3 Å². The second kappa shape index (κ2) is 8.94. The number of halogens is 3. The minimum Gasteiger partial charge on any atom is -0.347 e. The van der Waals surface area contributed by atoms with Crippen molar-refractivity contribution in [2.45, 2.75) is 25.1 Å². The van der Waals surface area contributed by atoms with Crippen molar-refractivity contribution in [3.63, 3.8) is 0 Å². The van der Waals surface area contributed by atoms with Crippen LogP contribution >= 0.6 is 11.3 Å². The van der Waals surface area contributed by atoms with E-state index in [1.54, 1.807) is 11.0 Å². The molecule has 4 heterocycles. The lowest BCUT2D eigenvalue weighted by molar-refractivity contribution is -0.137. The van der Waals surface area contributed by atoms with E-state index in [0.717, 1.165) is 29.9 Å². The van der Waals surface area contributed by atoms with Gasteiger partial charge in [0.25, 0.3) is 5.91 Å². The summed E-state index contributed by atoms with van der Waals surface area (Å²) in [5, 5.41) is 6.19. The largest absolute Gasteiger partial charge is 0.416 e. The van der Waals surface area contributed by atoms with E-state index in [0.29, 0.717) is 41.1 Å². The third-order valence-corrected chi connectivity index (χ3v) is 7.24. The highest BCUT2D eigenvalue weighted by molar-refractivity contribution is 7.21. The first kappa shape index (κ1) is 23.8. The quantitative estimate of drug-likeness (QED) is 0.483. The van der Waals surface area contributed by atoms with Gasteiger partial charge in [-0.05, 0) is 49.2 Å². The van der Waals surface area contributed by atoms with Gasteiger partial charge in [-0.2, -0.15) is 13.2 Å². The summed E-state index contributed by atoms with van der Waals surface area (Å²) in [5.41, 5.74) is 0.132. The molecule has 0 saturated carbocycles. The lowest BCUT2D eigenvalue weighted by Crippen LogP contribution is -2.49. The summed E-state index contributed by atoms with van der Waals surface area (Å²) in [7, 11) is 0. The van der Waals surface area contributed by atoms with Crippen LogP contribution in [0.5, 0.6) is 0 Å². The highest BCUT2D eigenvalue weighted by Crippen LogP contribution is 2.46. The van der Waals surface area contributed by atoms with E-state index in [4.69, 9.17) is 0 Å². The number of carbonyl (C=O) groups is 3. The molecule has 5 rings (SSSR count). The van der Waals surface area contributed by atoms with Crippen molar-refractivity contribution in [1.82, 2.24) is 15.2 Å². The van der Waals surface area contributed by atoms with Crippen LogP contribution in [0.1, 0.15) is 28.1 Å². The molecule has 0 radical (unpaired) electrons. The number of piperidine rings is 1. The Labute approximate surface area is 207 Å². The number of carbonyl (C=O) groups excluding carboxylic acids is 3. The minimum absolute atomic E-state index is 0.199. The van der Waals surface area contributed by atoms with E-state index in [9.17, 15) is 27.6 Å². The molecular formula is C24H20F3N5O3S. The number of nitrogens with one attached hydrogen (secondary N) is 2. The maximum absolute atomic E-state index is 13.2. The number of likely N-dealkylation sites (tertiary alicyclic amines) is 1. The molecule has 4 amide bonds. The smallest absolute Gasteiger partial charge is 0.347 e. The van der Waals surface area contributed by atoms with Crippen LogP contribution in [0, 0.1) is 0 Å². The number of alkyl halides is 3. The lowest BCUT2D eigenvalue weighted by atomic mass is 10.1. The Balaban J connectivity index is 1.46. The summed E-state index contributed by atoms with van der Waals surface area (Å²) in [6, 6.07) is 4.97. The van der Waals surface area contributed by atoms with E-state index in [1.807, 2.05) is 0 Å². The Morgan fingerprint density at radius 1 is 1.22 bits per heavy atom. The van der Waals surface area contributed by atoms with E-state index >= 15 is 0 Å². The van der Waals surface area contributed by atoms with Crippen LogP contribution in [0.15, 0.2) is 49.2 Å². The van der Waals surface area contributed by atoms with Gasteiger partial charge in [-0.25, -0.2) is 9.78 Å². The zero-order valence-electron chi connectivity index (χ0n) is 18.8. The third kappa shape index (κ3) is 4.17. The Bertz CT molecular complexity index is 1390. The molecule has 0 aliphatic carbocycles. The Morgan fingerprint density at radius 3 is 2.67 bits per heavy atom. The highest BCUT2D eigenvalue weighted by Gasteiger charge is 2.35. The molecule has 1 atom stereocenters. The third-order valence-electron chi connectivity index (χ3n) is 6.15. The predicted octanol–water partition coefficient (Wildman–Crippen LogP) is 4.91. The SMILES string of the molecule is C=CC(=O)N1CCCC(NC(=O)c2sc3nccc4c3c2NC(=O)N4c2ccc(C(F)(F)F)cc2)C1. The maximum atomic E-state index is 13.2. The molecule has 3 aromatic rings. The second-order valence-electron chi connectivity index (χ2n) is 8.43. The summed E-state index contributed by atoms with van der Waals surface area (Å²) in [5.74, 6) is -0.601. The van der Waals surface area contributed by atoms with Crippen LogP contribution in [0.2, 0.25) is 0 Å². The summed E-state index contributed by atoms with van der Waals surface area (Å²) in [6.45, 7) is 4.45. The number of hydrogen-bond acceptors (Lipinski definition) is 5. The summed E-state index contributed by atoms with van der Waals surface area (Å²) >= 11 is 1.11. The van der Waals surface area contributed by atoms with Crippen LogP contribution in [-0.4, -0.2) is 46.9 Å². The number of rotatable bonds is 4. The lowest BCUT2D eigenvalue weighted by Gasteiger charge is -2.32. The highest BCUT2D eigenvalue weighted by atomic mass is 32.1. The summed E-state index contributed by atoms with van der Waals surface area (Å²) in [4.78, 5) is 46.2. The van der Waals surface area contributed by atoms with Crippen LogP contribution in [-0.2, 0) is 11.0 Å². The van der Waals surface area contributed by atoms with Crippen molar-refractivity contribution in [2.24, 2.45) is 0 Å². The molecule has 12 heteroatoms. The van der Waals surface area contributed by atoms with Crippen molar-refractivity contribution in [1.29, 1.82) is 0 Å². The zero-order chi connectivity index (χ0) is 25.6. The molecule has 1 fully saturated rings. The summed E-state index contributed by atoms with van der Waals surface area (Å²) < 4.78 is 39.0. The van der Waals surface area contributed by atoms with Crippen molar-refractivity contribution in [3.05, 3.63) is 59.6 Å². The Morgan fingerprint density at radius 2 is 1.97 bits per heavy atom. The second-order valence-corrected chi connectivity index (χ2v) is 9.43. The number of urea groups is 1. The zero-order valence-corrected chi connectivity index (χ0v) is 19.6. The fourth-order valence-electron chi connectivity index (χ4n) is 4.48. The predicted molar refractivity (Wildman–Crippen MR) is 129 cm³/mol. The van der Waals surface area contributed by atoms with Crippen molar-refractivity contribution in [3.8, 4) is 0 Å². The molecule has 2 aliphatic heterocycles. The average Bonchev–Trinajstić information content (AvgIpc) is 3.23. The molecule has 8 nitrogen and oxygen atoms in total. The molecule has 2 N–H and O–H groups in total. The number of hydrogen-bond donors (Lipinski definition) is 2. The number of thiophene rings is 1. The molecule has 36 heavy (non-hydrogen) atoms. The van der Waals surface area contributed by atoms with Crippen LogP contribution in [0.4, 0.5) is 35.0 Å². The number of aromatic nitrogens is 1. The Hall–Kier alpha value is -3.93. The standard InChI is InChI=1S/C24H20F3N5O3S/c1-2-17(33)31-11-3-4-14(12-31)29-21(34)20-19-18-16(9-10-28-22(18)36-20)32(23(35)30-19)15-7-5-13(6-8-15)24(25,26)27/h2,5-10,14H,1,3-4,11-12H2,(H,29,34)(H,30,35). The normalized spacial score (nSPS) is 17.6. The first-order chi connectivity index (χ1) is 17.2. The molecule has 1 aromatic carbocycles. The number of anilines is 3.